The maximum Gasteiger partial charge on any atom is 0.418 e. The van der Waals surface area contributed by atoms with Gasteiger partial charge in [0.15, 0.2) is 32.3 Å². The lowest BCUT2D eigenvalue weighted by Gasteiger charge is -2.43. The van der Waals surface area contributed by atoms with E-state index in [1.807, 2.05) is 77.9 Å². The van der Waals surface area contributed by atoms with Crippen LogP contribution in [0.15, 0.2) is 169 Å². The van der Waals surface area contributed by atoms with Crippen LogP contribution >= 0.6 is 23.8 Å². The minimum Gasteiger partial charge on any atom is -0.490 e. The van der Waals surface area contributed by atoms with Crippen molar-refractivity contribution in [1.29, 1.82) is 10.5 Å². The molecular weight excluding hydrogens is 1900 g/mol. The van der Waals surface area contributed by atoms with Gasteiger partial charge in [-0.1, -0.05) is 76.2 Å². The summed E-state index contributed by atoms with van der Waals surface area (Å²) < 4.78 is 179. The number of halogens is 11. The number of fused-ring (bicyclic) bond motifs is 2. The van der Waals surface area contributed by atoms with Gasteiger partial charge in [-0.2, -0.15) is 50.0 Å². The predicted molar refractivity (Wildman–Crippen MR) is 524 cm³/mol. The molecule has 1 spiro atoms. The molecule has 754 valence electrons. The van der Waals surface area contributed by atoms with Crippen LogP contribution in [-0.4, -0.2) is 166 Å². The van der Waals surface area contributed by atoms with E-state index in [4.69, 9.17) is 48.6 Å². The fourth-order valence-corrected chi connectivity index (χ4v) is 19.2. The number of aliphatic hydroxyl groups is 2. The Hall–Kier alpha value is -12.4. The topological polar surface area (TPSA) is 329 Å². The third-order valence-electron chi connectivity index (χ3n) is 24.5. The van der Waals surface area contributed by atoms with Gasteiger partial charge >= 0.3 is 24.6 Å². The number of rotatable bonds is 23. The summed E-state index contributed by atoms with van der Waals surface area (Å²) >= 11 is 11.8. The molecule has 141 heavy (non-hydrogen) atoms. The van der Waals surface area contributed by atoms with E-state index in [0.29, 0.717) is 94.8 Å². The molecule has 38 heteroatoms. The first kappa shape index (κ1) is 111. The molecule has 8 aromatic rings. The molecule has 1 saturated carbocycles. The number of urea groups is 1. The van der Waals surface area contributed by atoms with Crippen LogP contribution < -0.4 is 45.6 Å². The highest BCUT2D eigenvalue weighted by atomic mass is 35.5. The number of aryl methyl sites for hydroxylation is 4. The Balaban J connectivity index is 0.000000182. The van der Waals surface area contributed by atoms with Crippen LogP contribution in [0.4, 0.5) is 88.5 Å². The number of nitriles is 2. The number of pyridine rings is 1. The molecule has 25 nitrogen and oxygen atoms in total. The number of hydrogen-bond donors (Lipinski definition) is 6. The molecule has 5 aliphatic heterocycles. The fourth-order valence-electron chi connectivity index (χ4n) is 16.9. The lowest BCUT2D eigenvalue weighted by atomic mass is 9.75. The number of aromatic nitrogens is 1. The van der Waals surface area contributed by atoms with E-state index < -0.39 is 116 Å². The summed E-state index contributed by atoms with van der Waals surface area (Å²) in [6.45, 7) is 35.4. The van der Waals surface area contributed by atoms with Crippen molar-refractivity contribution >= 4 is 120 Å². The van der Waals surface area contributed by atoms with Crippen LogP contribution in [0.1, 0.15) is 212 Å². The summed E-state index contributed by atoms with van der Waals surface area (Å²) in [5.41, 5.74) is 1.24. The van der Waals surface area contributed by atoms with Crippen LogP contribution in [0.5, 0.6) is 5.75 Å². The number of anilines is 7. The Morgan fingerprint density at radius 1 is 0.688 bits per heavy atom. The number of nitrogens with zero attached hydrogens (tertiary/aromatic N) is 8. The highest BCUT2D eigenvalue weighted by Gasteiger charge is 2.61. The summed E-state index contributed by atoms with van der Waals surface area (Å²) in [7, 11) is -3.87. The SMILES string of the molecule is C=C1C=C(C(F)(F)F)c2cc(N3C([C@@H](OC(C)C)C(F)(F)F)CC[C@@H]3C)ccc2N1.Cc1cc(NC(=O)C(C)(O)CS(=O)(=O)c2ccc(C(C)C)cc2)ccc1C#N.Cc1cc(NC(=O)[C@@](C)(O)COc2ccc(C(C)C)cc2)ccc1C#N.Cc1ccc(N2C(=O)[C@@H]3[C@H](OC(C)C)CCN3C2=O)c(C)c1Cl.Cc1ncc(N2C(=O)C3(CCC3)N(c3ccc(C(=O)NC(C)C)c(F)c3)C2=S)cc1C(F)(F)F. The van der Waals surface area contributed by atoms with Crippen molar-refractivity contribution in [3.63, 3.8) is 0 Å². The highest BCUT2D eigenvalue weighted by molar-refractivity contribution is 7.91. The van der Waals surface area contributed by atoms with Gasteiger partial charge in [-0.15, -0.1) is 0 Å². The Morgan fingerprint density at radius 2 is 1.26 bits per heavy atom. The fraction of sp³-hybridized carbons (Fsp3) is 0.417. The molecule has 7 aromatic carbocycles. The molecule has 7 amide bonds. The Bertz CT molecular complexity index is 6290. The molecule has 2 unspecified atom stereocenters. The number of hydrogen-bond acceptors (Lipinski definition) is 19. The Labute approximate surface area is 824 Å². The number of thiocarbonyl (C=S) groups is 1. The first-order valence-electron chi connectivity index (χ1n) is 45.6. The van der Waals surface area contributed by atoms with Gasteiger partial charge in [-0.05, 0) is 308 Å². The smallest absolute Gasteiger partial charge is 0.418 e. The molecule has 14 rings (SSSR count). The molecule has 0 bridgehead atoms. The number of imide groups is 1. The second kappa shape index (κ2) is 44.4. The molecule has 0 radical (unpaired) electrons. The third-order valence-corrected chi connectivity index (χ3v) is 27.4. The molecule has 1 aromatic heterocycles. The summed E-state index contributed by atoms with van der Waals surface area (Å²) in [6.07, 6.45) is -11.8. The average molecular weight is 2020 g/mol. The largest absolute Gasteiger partial charge is 0.490 e. The van der Waals surface area contributed by atoms with Crippen molar-refractivity contribution in [2.45, 2.75) is 264 Å². The maximum atomic E-state index is 14.9. The van der Waals surface area contributed by atoms with E-state index >= 15 is 0 Å². The number of sulfone groups is 1. The van der Waals surface area contributed by atoms with Gasteiger partial charge in [0.2, 0.25) is 0 Å². The number of amides is 7. The standard InChI is InChI=1S/C23H22F4N4O2S.C21H24F6N2O.C21H24N2O4S.C21H24N2O3.C17H21ClN2O3/c1-12(2)29-19(32)16-6-5-14(10-18(16)24)31-21(34)30(20(33)22(31)7-4-8-22)15-9-17(23(25,26)27)13(3)28-11-15;1-11(2)30-19(21(25,26)27)18-8-5-13(4)29(18)14-6-7-17-15(10-14)16(20(22,23)24)9-12(3)28-17;1-14(2)16-6-9-19(10-7-16)28(26,27)13-21(4,25)20(24)23-18-8-5-17(12-22)15(3)11-18;1-14(2)16-6-9-19(10-7-16)26-13-21(4,25)20(24)23-18-8-5-17(12-22)15(3)11-18;1-9(2)23-13-7-8-19-15(13)16(21)20(17(19)22)12-6-5-10(3)14(18)11(12)4/h5-6,9-12H,4,7-8H2,1-3H3,(H,29,32);6-7,9-11,13,18-19,28H,3,5,8H2,1-2,4H3;5-11,14,25H,13H2,1-4H3,(H,23,24);5-11,14,25H,13H2,1-4H3,(H,23,24);5-6,9,13,15H,7-8H2,1-4H3/t;13-,18?,19+;;21-;13-,15+/m.0.01/s1. The van der Waals surface area contributed by atoms with E-state index in [2.05, 4.69) is 52.7 Å². The summed E-state index contributed by atoms with van der Waals surface area (Å²) in [4.78, 5) is 86.9. The van der Waals surface area contributed by atoms with Crippen LogP contribution in [0.2, 0.25) is 5.02 Å². The predicted octanol–water partition coefficient (Wildman–Crippen LogP) is 21.2. The van der Waals surface area contributed by atoms with Gasteiger partial charge in [0.05, 0.1) is 92.5 Å². The number of allylic oxidation sites excluding steroid dienone is 2. The normalized spacial score (nSPS) is 18.2. The number of alkyl halides is 9. The molecule has 6 heterocycles. The number of ether oxygens (including phenoxy) is 3. The van der Waals surface area contributed by atoms with Crippen molar-refractivity contribution in [3.8, 4) is 17.9 Å². The first-order chi connectivity index (χ1) is 65.7. The van der Waals surface area contributed by atoms with Crippen LogP contribution in [0.25, 0.3) is 5.57 Å². The van der Waals surface area contributed by atoms with Crippen molar-refractivity contribution < 1.29 is 106 Å². The summed E-state index contributed by atoms with van der Waals surface area (Å²) in [5.74, 6) is -2.95. The van der Waals surface area contributed by atoms with E-state index in [0.717, 1.165) is 45.4 Å². The van der Waals surface area contributed by atoms with Crippen molar-refractivity contribution in [3.05, 3.63) is 242 Å². The minimum absolute atomic E-state index is 0.0208. The van der Waals surface area contributed by atoms with E-state index in [1.54, 1.807) is 88.0 Å². The zero-order valence-corrected chi connectivity index (χ0v) is 83.6. The van der Waals surface area contributed by atoms with Gasteiger partial charge in [-0.3, -0.25) is 33.9 Å². The summed E-state index contributed by atoms with van der Waals surface area (Å²) in [5, 5.41) is 49.9. The second-order valence-corrected chi connectivity index (χ2v) is 40.2. The van der Waals surface area contributed by atoms with E-state index in [1.165, 1.54) is 110 Å². The van der Waals surface area contributed by atoms with Gasteiger partial charge in [0.25, 0.3) is 29.5 Å². The van der Waals surface area contributed by atoms with Crippen molar-refractivity contribution in [2.75, 3.05) is 54.5 Å². The Morgan fingerprint density at radius 3 is 1.76 bits per heavy atom. The number of nitrogens with one attached hydrogen (secondary N) is 4. The molecule has 1 aliphatic carbocycles. The molecule has 4 saturated heterocycles. The molecule has 6 aliphatic rings. The minimum atomic E-state index is -4.65. The number of carbonyl (C=O) groups excluding carboxylic acids is 6. The average Bonchev–Trinajstić information content (AvgIpc) is 1.55. The number of benzene rings is 7. The van der Waals surface area contributed by atoms with Gasteiger partial charge in [-0.25, -0.2) is 22.5 Å². The molecule has 6 N–H and O–H groups in total. The molecule has 5 fully saturated rings. The zero-order chi connectivity index (χ0) is 105. The zero-order valence-electron chi connectivity index (χ0n) is 81.2. The van der Waals surface area contributed by atoms with Crippen LogP contribution in [0, 0.1) is 63.1 Å². The maximum absolute atomic E-state index is 14.9. The molecular formula is C103H115ClF10N12O13S2. The number of carbonyl (C=O) groups is 6. The van der Waals surface area contributed by atoms with E-state index in [-0.39, 0.29) is 105 Å². The van der Waals surface area contributed by atoms with E-state index in [9.17, 15) is 91.3 Å². The van der Waals surface area contributed by atoms with Gasteiger partial charge in [0, 0.05) is 69.0 Å². The van der Waals surface area contributed by atoms with Crippen LogP contribution in [0.3, 0.4) is 0 Å². The van der Waals surface area contributed by atoms with Crippen LogP contribution in [-0.2, 0) is 44.7 Å². The third kappa shape index (κ3) is 25.8. The van der Waals surface area contributed by atoms with Crippen molar-refractivity contribution in [1.82, 2.24) is 15.2 Å². The molecule has 7 atom stereocenters. The first-order valence-corrected chi connectivity index (χ1v) is 48.0. The Kier molecular flexibility index (Phi) is 34.9. The lowest BCUT2D eigenvalue weighted by molar-refractivity contribution is -0.235. The summed E-state index contributed by atoms with van der Waals surface area (Å²) in [6, 6.07) is 38.1. The highest BCUT2D eigenvalue weighted by Crippen LogP contribution is 2.51. The van der Waals surface area contributed by atoms with Gasteiger partial charge < -0.3 is 60.4 Å². The monoisotopic (exact) mass is 2020 g/mol. The van der Waals surface area contributed by atoms with Crippen molar-refractivity contribution in [2.24, 2.45) is 0 Å². The lowest BCUT2D eigenvalue weighted by Crippen LogP contribution is -2.55. The quantitative estimate of drug-likeness (QED) is 0.0197. The second-order valence-electron chi connectivity index (χ2n) is 37.4. The van der Waals surface area contributed by atoms with Gasteiger partial charge in [0.1, 0.15) is 29.8 Å².